The maximum absolute atomic E-state index is 13.6. The van der Waals surface area contributed by atoms with E-state index in [1.54, 1.807) is 18.2 Å². The van der Waals surface area contributed by atoms with E-state index in [1.165, 1.54) is 7.11 Å². The zero-order valence-corrected chi connectivity index (χ0v) is 9.14. The molecule has 78 valence electrons. The molecule has 0 saturated carbocycles. The van der Waals surface area contributed by atoms with Crippen LogP contribution in [0.5, 0.6) is 5.75 Å². The summed E-state index contributed by atoms with van der Waals surface area (Å²) in [6, 6.07) is 5.17. The molecule has 0 N–H and O–H groups in total. The lowest BCUT2D eigenvalue weighted by molar-refractivity contribution is 0.383. The Balaban J connectivity index is 2.86. The van der Waals surface area contributed by atoms with Gasteiger partial charge >= 0.3 is 0 Å². The van der Waals surface area contributed by atoms with Crippen LogP contribution < -0.4 is 4.74 Å². The Hall–Kier alpha value is -0.760. The summed E-state index contributed by atoms with van der Waals surface area (Å²) in [5, 5.41) is 0. The molecule has 0 saturated heterocycles. The number of hydrogen-bond donors (Lipinski definition) is 0. The van der Waals surface area contributed by atoms with E-state index in [1.807, 2.05) is 6.92 Å². The zero-order valence-electron chi connectivity index (χ0n) is 8.39. The minimum absolute atomic E-state index is 0.271. The molecule has 1 nitrogen and oxygen atoms in total. The van der Waals surface area contributed by atoms with Crippen LogP contribution in [0.25, 0.3) is 0 Å². The summed E-state index contributed by atoms with van der Waals surface area (Å²) in [5.74, 6) is 0.839. The molecule has 1 atom stereocenters. The lowest BCUT2D eigenvalue weighted by Crippen LogP contribution is -2.04. The van der Waals surface area contributed by atoms with Gasteiger partial charge in [0.25, 0.3) is 0 Å². The highest BCUT2D eigenvalue weighted by molar-refractivity contribution is 6.18. The minimum atomic E-state index is -0.271. The van der Waals surface area contributed by atoms with Gasteiger partial charge in [0.1, 0.15) is 0 Å². The number of alkyl halides is 1. The molecule has 0 spiro atoms. The molecule has 1 aromatic rings. The zero-order chi connectivity index (χ0) is 10.6. The van der Waals surface area contributed by atoms with Crippen LogP contribution in [0.15, 0.2) is 18.2 Å². The third kappa shape index (κ3) is 2.61. The minimum Gasteiger partial charge on any atom is -0.494 e. The molecule has 0 heterocycles. The summed E-state index contributed by atoms with van der Waals surface area (Å²) in [7, 11) is 1.47. The van der Waals surface area contributed by atoms with Crippen LogP contribution in [0.4, 0.5) is 4.39 Å². The second-order valence-electron chi connectivity index (χ2n) is 3.40. The molecule has 0 radical (unpaired) electrons. The van der Waals surface area contributed by atoms with Crippen molar-refractivity contribution in [1.29, 1.82) is 0 Å². The number of hydrogen-bond acceptors (Lipinski definition) is 1. The van der Waals surface area contributed by atoms with Gasteiger partial charge in [0.15, 0.2) is 11.6 Å². The molecule has 0 aliphatic heterocycles. The quantitative estimate of drug-likeness (QED) is 0.702. The van der Waals surface area contributed by atoms with Crippen LogP contribution in [-0.4, -0.2) is 13.0 Å². The second kappa shape index (κ2) is 5.20. The monoisotopic (exact) mass is 216 g/mol. The van der Waals surface area contributed by atoms with E-state index in [0.29, 0.717) is 23.6 Å². The van der Waals surface area contributed by atoms with Gasteiger partial charge < -0.3 is 4.74 Å². The summed E-state index contributed by atoms with van der Waals surface area (Å²) < 4.78 is 18.5. The largest absolute Gasteiger partial charge is 0.494 e. The molecule has 0 fully saturated rings. The van der Waals surface area contributed by atoms with Crippen molar-refractivity contribution in [3.05, 3.63) is 29.6 Å². The van der Waals surface area contributed by atoms with Gasteiger partial charge in [-0.3, -0.25) is 0 Å². The smallest absolute Gasteiger partial charge is 0.168 e. The fourth-order valence-electron chi connectivity index (χ4n) is 1.30. The van der Waals surface area contributed by atoms with Crippen LogP contribution in [-0.2, 0) is 6.42 Å². The second-order valence-corrected chi connectivity index (χ2v) is 3.71. The predicted molar refractivity (Wildman–Crippen MR) is 56.5 cm³/mol. The van der Waals surface area contributed by atoms with Crippen molar-refractivity contribution >= 4 is 11.6 Å². The third-order valence-corrected chi connectivity index (χ3v) is 2.62. The van der Waals surface area contributed by atoms with Crippen LogP contribution >= 0.6 is 11.6 Å². The van der Waals surface area contributed by atoms with Gasteiger partial charge in [0.2, 0.25) is 0 Å². The number of rotatable bonds is 4. The Morgan fingerprint density at radius 1 is 1.50 bits per heavy atom. The van der Waals surface area contributed by atoms with Gasteiger partial charge in [-0.1, -0.05) is 19.1 Å². The average molecular weight is 217 g/mol. The standard InChI is InChI=1S/C11H14ClFO/c1-8(7-12)6-9-4-3-5-10(14-2)11(9)13/h3-5,8H,6-7H2,1-2H3. The first-order chi connectivity index (χ1) is 6.69. The molecule has 14 heavy (non-hydrogen) atoms. The van der Waals surface area contributed by atoms with Crippen LogP contribution in [0.1, 0.15) is 12.5 Å². The van der Waals surface area contributed by atoms with E-state index < -0.39 is 0 Å². The summed E-state index contributed by atoms with van der Waals surface area (Å²) in [6.45, 7) is 1.99. The summed E-state index contributed by atoms with van der Waals surface area (Å²) in [6.07, 6.45) is 0.645. The fraction of sp³-hybridized carbons (Fsp3) is 0.455. The molecule has 0 amide bonds. The summed E-state index contributed by atoms with van der Waals surface area (Å²) in [5.41, 5.74) is 0.664. The van der Waals surface area contributed by atoms with Gasteiger partial charge in [0, 0.05) is 5.88 Å². The van der Waals surface area contributed by atoms with E-state index in [4.69, 9.17) is 16.3 Å². The Kier molecular flexibility index (Phi) is 4.21. The van der Waals surface area contributed by atoms with E-state index in [0.717, 1.165) is 0 Å². The topological polar surface area (TPSA) is 9.23 Å². The van der Waals surface area contributed by atoms with Gasteiger partial charge in [-0.2, -0.15) is 0 Å². The van der Waals surface area contributed by atoms with Crippen molar-refractivity contribution in [1.82, 2.24) is 0 Å². The Morgan fingerprint density at radius 2 is 2.21 bits per heavy atom. The summed E-state index contributed by atoms with van der Waals surface area (Å²) in [4.78, 5) is 0. The first kappa shape index (κ1) is 11.3. The highest BCUT2D eigenvalue weighted by Crippen LogP contribution is 2.22. The van der Waals surface area contributed by atoms with Gasteiger partial charge in [0.05, 0.1) is 7.11 Å². The Bertz CT molecular complexity index is 301. The van der Waals surface area contributed by atoms with Crippen LogP contribution in [0, 0.1) is 11.7 Å². The van der Waals surface area contributed by atoms with Crippen molar-refractivity contribution in [2.75, 3.05) is 13.0 Å². The van der Waals surface area contributed by atoms with E-state index in [2.05, 4.69) is 0 Å². The van der Waals surface area contributed by atoms with Crippen LogP contribution in [0.2, 0.25) is 0 Å². The Morgan fingerprint density at radius 3 is 2.79 bits per heavy atom. The molecular weight excluding hydrogens is 203 g/mol. The number of ether oxygens (including phenoxy) is 1. The van der Waals surface area contributed by atoms with Crippen molar-refractivity contribution in [3.63, 3.8) is 0 Å². The van der Waals surface area contributed by atoms with Crippen molar-refractivity contribution in [2.24, 2.45) is 5.92 Å². The normalized spacial score (nSPS) is 12.6. The highest BCUT2D eigenvalue weighted by atomic mass is 35.5. The molecule has 1 aromatic carbocycles. The van der Waals surface area contributed by atoms with E-state index in [-0.39, 0.29) is 11.7 Å². The molecule has 0 aliphatic rings. The predicted octanol–water partition coefficient (Wildman–Crippen LogP) is 3.25. The number of methoxy groups -OCH3 is 1. The molecular formula is C11H14ClFO. The maximum atomic E-state index is 13.6. The third-order valence-electron chi connectivity index (χ3n) is 2.09. The maximum Gasteiger partial charge on any atom is 0.168 e. The van der Waals surface area contributed by atoms with Crippen molar-refractivity contribution in [3.8, 4) is 5.75 Å². The van der Waals surface area contributed by atoms with E-state index in [9.17, 15) is 4.39 Å². The average Bonchev–Trinajstić information content (AvgIpc) is 2.21. The van der Waals surface area contributed by atoms with E-state index >= 15 is 0 Å². The lowest BCUT2D eigenvalue weighted by Gasteiger charge is -2.10. The first-order valence-corrected chi connectivity index (χ1v) is 5.09. The molecule has 1 unspecified atom stereocenters. The molecule has 0 aliphatic carbocycles. The van der Waals surface area contributed by atoms with Crippen molar-refractivity contribution < 1.29 is 9.13 Å². The number of halogens is 2. The van der Waals surface area contributed by atoms with Gasteiger partial charge in [-0.15, -0.1) is 11.6 Å². The Labute approximate surface area is 88.8 Å². The molecule has 0 bridgehead atoms. The molecule has 1 rings (SSSR count). The number of benzene rings is 1. The highest BCUT2D eigenvalue weighted by Gasteiger charge is 2.10. The SMILES string of the molecule is COc1cccc(CC(C)CCl)c1F. The van der Waals surface area contributed by atoms with Crippen molar-refractivity contribution in [2.45, 2.75) is 13.3 Å². The first-order valence-electron chi connectivity index (χ1n) is 4.56. The lowest BCUT2D eigenvalue weighted by atomic mass is 10.0. The van der Waals surface area contributed by atoms with Gasteiger partial charge in [-0.25, -0.2) is 4.39 Å². The summed E-state index contributed by atoms with van der Waals surface area (Å²) >= 11 is 5.67. The fourth-order valence-corrected chi connectivity index (χ4v) is 1.41. The molecule has 3 heteroatoms. The van der Waals surface area contributed by atoms with Gasteiger partial charge in [-0.05, 0) is 24.0 Å². The molecule has 0 aromatic heterocycles. The van der Waals surface area contributed by atoms with Crippen LogP contribution in [0.3, 0.4) is 0 Å².